The summed E-state index contributed by atoms with van der Waals surface area (Å²) in [7, 11) is -1.90. The highest BCUT2D eigenvalue weighted by Crippen LogP contribution is 2.20. The van der Waals surface area contributed by atoms with Crippen LogP contribution in [0.25, 0.3) is 0 Å². The number of rotatable bonds is 1. The minimum Gasteiger partial charge on any atom is -0.368 e. The molecule has 0 atom stereocenters. The molecule has 14 N–H and O–H groups in total. The second-order valence-corrected chi connectivity index (χ2v) is 5.54. The topological polar surface area (TPSA) is 274 Å². The number of hydrogen-bond donors (Lipinski definition) is 8. The average Bonchev–Trinajstić information content (AvgIpc) is 2.54. The molecule has 0 aliphatic carbocycles. The summed E-state index contributed by atoms with van der Waals surface area (Å²) in [5.41, 5.74) is 30.8. The van der Waals surface area contributed by atoms with Crippen LogP contribution in [0.1, 0.15) is 0 Å². The predicted octanol–water partition coefficient (Wildman–Crippen LogP) is -2.16. The number of nitrogens with zero attached hydrogens (tertiary/aromatic N) is 6. The Bertz CT molecular complexity index is 701. The van der Waals surface area contributed by atoms with Crippen molar-refractivity contribution in [3.8, 4) is 0 Å². The Hall–Kier alpha value is -3.61. The van der Waals surface area contributed by atoms with Crippen molar-refractivity contribution in [2.75, 3.05) is 34.4 Å². The van der Waals surface area contributed by atoms with Gasteiger partial charge in [0.05, 0.1) is 0 Å². The molecule has 3 rings (SSSR count). The molecule has 0 bridgehead atoms. The van der Waals surface area contributed by atoms with Crippen LogP contribution >= 0.6 is 8.38 Å². The van der Waals surface area contributed by atoms with Crippen LogP contribution < -0.4 is 39.7 Å². The van der Waals surface area contributed by atoms with Gasteiger partial charge in [-0.05, 0) is 12.1 Å². The van der Waals surface area contributed by atoms with Crippen LogP contribution in [0.2, 0.25) is 0 Å². The Morgan fingerprint density at radius 3 is 0.963 bits per heavy atom. The molecule has 1 aromatic carbocycles. The SMILES string of the molecule is Nc1nc(N)nc(N)n1.Nc1nc(N)nc(N)n1.OP(O)c1ccccc1. The van der Waals surface area contributed by atoms with E-state index in [1.807, 2.05) is 6.07 Å². The van der Waals surface area contributed by atoms with Crippen LogP contribution in [0.3, 0.4) is 0 Å². The van der Waals surface area contributed by atoms with Crippen LogP contribution in [0.15, 0.2) is 30.3 Å². The first-order valence-electron chi connectivity index (χ1n) is 6.95. The molecule has 0 saturated heterocycles. The van der Waals surface area contributed by atoms with Crippen molar-refractivity contribution in [1.29, 1.82) is 0 Å². The molecule has 0 aliphatic heterocycles. The van der Waals surface area contributed by atoms with Gasteiger partial charge in [0, 0.05) is 5.30 Å². The van der Waals surface area contributed by atoms with Gasteiger partial charge in [0.1, 0.15) is 0 Å². The molecule has 0 amide bonds. The summed E-state index contributed by atoms with van der Waals surface area (Å²) >= 11 is 0. The van der Waals surface area contributed by atoms with Gasteiger partial charge in [-0.3, -0.25) is 0 Å². The first-order valence-corrected chi connectivity index (χ1v) is 8.20. The molecule has 14 nitrogen and oxygen atoms in total. The number of benzene rings is 1. The summed E-state index contributed by atoms with van der Waals surface area (Å²) in [6, 6.07) is 8.76. The molecule has 3 aromatic rings. The lowest BCUT2D eigenvalue weighted by atomic mass is 10.4. The second-order valence-electron chi connectivity index (χ2n) is 4.45. The van der Waals surface area contributed by atoms with E-state index in [9.17, 15) is 0 Å². The second kappa shape index (κ2) is 10.4. The normalized spacial score (nSPS) is 9.59. The fourth-order valence-corrected chi connectivity index (χ4v) is 1.85. The number of nitrogen functional groups attached to an aromatic ring is 6. The zero-order valence-electron chi connectivity index (χ0n) is 13.9. The molecule has 0 spiro atoms. The molecular weight excluding hydrogens is 375 g/mol. The van der Waals surface area contributed by atoms with Gasteiger partial charge in [-0.15, -0.1) is 0 Å². The maximum atomic E-state index is 8.64. The molecule has 144 valence electrons. The summed E-state index contributed by atoms with van der Waals surface area (Å²) in [6.07, 6.45) is 0. The lowest BCUT2D eigenvalue weighted by Gasteiger charge is -1.98. The first kappa shape index (κ1) is 21.4. The molecule has 2 aromatic heterocycles. The summed E-state index contributed by atoms with van der Waals surface area (Å²) in [6.45, 7) is 0. The molecule has 0 saturated carbocycles. The first-order chi connectivity index (χ1) is 12.7. The Balaban J connectivity index is 0.000000202. The lowest BCUT2D eigenvalue weighted by Crippen LogP contribution is -2.05. The molecule has 27 heavy (non-hydrogen) atoms. The van der Waals surface area contributed by atoms with E-state index < -0.39 is 8.38 Å². The van der Waals surface area contributed by atoms with E-state index >= 15 is 0 Å². The van der Waals surface area contributed by atoms with Crippen LogP contribution in [0, 0.1) is 0 Å². The van der Waals surface area contributed by atoms with Gasteiger partial charge in [0.15, 0.2) is 8.38 Å². The maximum absolute atomic E-state index is 8.64. The maximum Gasteiger partial charge on any atom is 0.226 e. The van der Waals surface area contributed by atoms with Gasteiger partial charge in [-0.1, -0.05) is 18.2 Å². The third-order valence-corrected chi connectivity index (χ3v) is 3.12. The minimum atomic E-state index is -1.90. The summed E-state index contributed by atoms with van der Waals surface area (Å²) in [5.74, 6) is 0.250. The Morgan fingerprint density at radius 1 is 0.519 bits per heavy atom. The molecule has 0 radical (unpaired) electrons. The van der Waals surface area contributed by atoms with Gasteiger partial charge in [0.25, 0.3) is 0 Å². The highest BCUT2D eigenvalue weighted by molar-refractivity contribution is 7.54. The van der Waals surface area contributed by atoms with Gasteiger partial charge in [-0.25, -0.2) is 0 Å². The fourth-order valence-electron chi connectivity index (χ4n) is 1.42. The number of nitrogens with two attached hydrogens (primary N) is 6. The number of hydrogen-bond acceptors (Lipinski definition) is 14. The van der Waals surface area contributed by atoms with Gasteiger partial charge < -0.3 is 44.2 Å². The molecule has 15 heteroatoms. The average molecular weight is 394 g/mol. The molecule has 0 unspecified atom stereocenters. The van der Waals surface area contributed by atoms with Crippen molar-refractivity contribution >= 4 is 49.4 Å². The number of aromatic nitrogens is 6. The quantitative estimate of drug-likeness (QED) is 0.204. The Labute approximate surface area is 154 Å². The largest absolute Gasteiger partial charge is 0.368 e. The van der Waals surface area contributed by atoms with E-state index in [1.54, 1.807) is 24.3 Å². The van der Waals surface area contributed by atoms with E-state index in [0.29, 0.717) is 5.30 Å². The monoisotopic (exact) mass is 394 g/mol. The van der Waals surface area contributed by atoms with Gasteiger partial charge in [-0.2, -0.15) is 29.9 Å². The standard InChI is InChI=1S/C6H7O2P.2C3H6N6/c7-9(8)6-4-2-1-3-5-6;2*4-1-7-2(5)9-3(6)8-1/h1-5,7-8H;2*(H6,4,5,6,7,8,9). The third kappa shape index (κ3) is 8.87. The lowest BCUT2D eigenvalue weighted by molar-refractivity contribution is 0.497. The van der Waals surface area contributed by atoms with Crippen LogP contribution in [0.4, 0.5) is 35.7 Å². The highest BCUT2D eigenvalue weighted by Gasteiger charge is 1.99. The fraction of sp³-hybridized carbons (Fsp3) is 0. The highest BCUT2D eigenvalue weighted by atomic mass is 31.2. The smallest absolute Gasteiger partial charge is 0.226 e. The van der Waals surface area contributed by atoms with E-state index in [-0.39, 0.29) is 35.7 Å². The Kier molecular flexibility index (Phi) is 8.25. The van der Waals surface area contributed by atoms with Crippen molar-refractivity contribution in [3.63, 3.8) is 0 Å². The van der Waals surface area contributed by atoms with Crippen LogP contribution in [0.5, 0.6) is 0 Å². The van der Waals surface area contributed by atoms with Gasteiger partial charge in [0.2, 0.25) is 35.7 Å². The Morgan fingerprint density at radius 2 is 0.778 bits per heavy atom. The predicted molar refractivity (Wildman–Crippen MR) is 104 cm³/mol. The summed E-state index contributed by atoms with van der Waals surface area (Å²) in [5, 5.41) is 0.590. The van der Waals surface area contributed by atoms with Gasteiger partial charge >= 0.3 is 0 Å². The molecule has 2 heterocycles. The molecule has 0 fully saturated rings. The van der Waals surface area contributed by atoms with Crippen LogP contribution in [-0.4, -0.2) is 39.7 Å². The minimum absolute atomic E-state index is 0.0417. The summed E-state index contributed by atoms with van der Waals surface area (Å²) < 4.78 is 0. The van der Waals surface area contributed by atoms with Crippen molar-refractivity contribution in [3.05, 3.63) is 30.3 Å². The van der Waals surface area contributed by atoms with E-state index in [0.717, 1.165) is 0 Å². The van der Waals surface area contributed by atoms with Crippen molar-refractivity contribution in [2.24, 2.45) is 0 Å². The zero-order valence-corrected chi connectivity index (χ0v) is 14.8. The van der Waals surface area contributed by atoms with Crippen LogP contribution in [-0.2, 0) is 0 Å². The van der Waals surface area contributed by atoms with E-state index in [1.165, 1.54) is 0 Å². The molecule has 0 aliphatic rings. The van der Waals surface area contributed by atoms with Crippen molar-refractivity contribution < 1.29 is 9.79 Å². The van der Waals surface area contributed by atoms with Crippen molar-refractivity contribution in [1.82, 2.24) is 29.9 Å². The third-order valence-electron chi connectivity index (χ3n) is 2.36. The van der Waals surface area contributed by atoms with E-state index in [2.05, 4.69) is 29.9 Å². The molecular formula is C12H19N12O2P. The van der Waals surface area contributed by atoms with Crippen molar-refractivity contribution in [2.45, 2.75) is 0 Å². The zero-order chi connectivity index (χ0) is 20.4. The summed E-state index contributed by atoms with van der Waals surface area (Å²) in [4.78, 5) is 38.2. The van der Waals surface area contributed by atoms with E-state index in [4.69, 9.17) is 44.2 Å². The number of anilines is 6.